The first-order valence-corrected chi connectivity index (χ1v) is 17.6. The van der Waals surface area contributed by atoms with Gasteiger partial charge in [0.25, 0.3) is 0 Å². The molecular weight excluding hydrogens is 645 g/mol. The molecule has 1 atom stereocenters. The van der Waals surface area contributed by atoms with Gasteiger partial charge in [-0.15, -0.1) is 6.58 Å². The van der Waals surface area contributed by atoms with Gasteiger partial charge in [-0.2, -0.15) is 5.10 Å². The third kappa shape index (κ3) is 6.83. The topological polar surface area (TPSA) is 123 Å². The number of aromatic nitrogens is 5. The molecule has 3 fully saturated rings. The number of carbonyl (C=O) groups is 2. The zero-order chi connectivity index (χ0) is 35.0. The first-order valence-electron chi connectivity index (χ1n) is 17.6. The average Bonchev–Trinajstić information content (AvgIpc) is 3.81. The van der Waals surface area contributed by atoms with E-state index in [1.54, 1.807) is 0 Å². The third-order valence-corrected chi connectivity index (χ3v) is 10.4. The van der Waals surface area contributed by atoms with Crippen molar-refractivity contribution in [2.45, 2.75) is 31.6 Å². The number of nitrogens with one attached hydrogen (secondary N) is 2. The van der Waals surface area contributed by atoms with E-state index in [1.165, 1.54) is 12.8 Å². The van der Waals surface area contributed by atoms with Crippen molar-refractivity contribution in [2.24, 2.45) is 5.41 Å². The van der Waals surface area contributed by atoms with Crippen LogP contribution >= 0.6 is 0 Å². The number of carbonyl (C=O) groups excluding carboxylic acids is 2. The number of fused-ring (bicyclic) bond motifs is 1. The second-order valence-electron chi connectivity index (χ2n) is 13.9. The Balaban J connectivity index is 0.876. The Morgan fingerprint density at radius 1 is 0.961 bits per heavy atom. The molecule has 2 saturated heterocycles. The lowest BCUT2D eigenvalue weighted by Gasteiger charge is -2.37. The third-order valence-electron chi connectivity index (χ3n) is 10.4. The standard InChI is InChI=1S/C39H40FN9O2/c1-2-12-39(38(51)44-30-7-10-33-32(21-30)36(46-45-33)28-11-14-41-34(20-28)26-3-4-26)13-15-47(25-39)24-35(50)49-18-16-48(17-19-49)31-8-5-27(6-9-31)37-42-22-29(40)23-43-37/h2,5-11,14,20-23,26H,1,3-4,12-13,15-19,24-25H2,(H,44,51)(H,45,46). The molecule has 5 aromatic rings. The summed E-state index contributed by atoms with van der Waals surface area (Å²) >= 11 is 0. The molecule has 3 aromatic heterocycles. The quantitative estimate of drug-likeness (QED) is 0.181. The summed E-state index contributed by atoms with van der Waals surface area (Å²) < 4.78 is 13.2. The highest BCUT2D eigenvalue weighted by Gasteiger charge is 2.44. The molecule has 51 heavy (non-hydrogen) atoms. The van der Waals surface area contributed by atoms with Crippen LogP contribution in [0, 0.1) is 11.2 Å². The fourth-order valence-corrected chi connectivity index (χ4v) is 7.38. The summed E-state index contributed by atoms with van der Waals surface area (Å²) in [6, 6.07) is 17.8. The maximum absolute atomic E-state index is 14.0. The maximum atomic E-state index is 14.0. The number of hydrogen-bond donors (Lipinski definition) is 2. The maximum Gasteiger partial charge on any atom is 0.236 e. The van der Waals surface area contributed by atoms with E-state index in [4.69, 9.17) is 0 Å². The predicted molar refractivity (Wildman–Crippen MR) is 194 cm³/mol. The molecule has 1 unspecified atom stereocenters. The SMILES string of the molecule is C=CCC1(C(=O)Nc2ccc3[nH]nc(-c4ccnc(C5CC5)c4)c3c2)CCN(CC(=O)N2CCN(c3ccc(-c4ncc(F)cn4)cc3)CC2)C1. The summed E-state index contributed by atoms with van der Waals surface area (Å²) in [5.74, 6) is 0.564. The molecule has 2 N–H and O–H groups in total. The van der Waals surface area contributed by atoms with Crippen LogP contribution in [0.4, 0.5) is 15.8 Å². The van der Waals surface area contributed by atoms with Crippen molar-refractivity contribution in [3.05, 3.63) is 97.4 Å². The number of amides is 2. The highest BCUT2D eigenvalue weighted by molar-refractivity contribution is 6.00. The number of halogens is 1. The molecule has 12 heteroatoms. The van der Waals surface area contributed by atoms with Gasteiger partial charge in [0, 0.05) is 78.4 Å². The minimum absolute atomic E-state index is 0.0627. The summed E-state index contributed by atoms with van der Waals surface area (Å²) in [7, 11) is 0. The molecule has 5 heterocycles. The van der Waals surface area contributed by atoms with Crippen LogP contribution in [0.3, 0.4) is 0 Å². The lowest BCUT2D eigenvalue weighted by Crippen LogP contribution is -2.51. The van der Waals surface area contributed by atoms with Crippen molar-refractivity contribution < 1.29 is 14.0 Å². The van der Waals surface area contributed by atoms with Gasteiger partial charge in [-0.3, -0.25) is 24.6 Å². The van der Waals surface area contributed by atoms with Crippen molar-refractivity contribution in [3.63, 3.8) is 0 Å². The molecule has 0 radical (unpaired) electrons. The Morgan fingerprint density at radius 2 is 1.75 bits per heavy atom. The van der Waals surface area contributed by atoms with Gasteiger partial charge in [-0.1, -0.05) is 6.08 Å². The van der Waals surface area contributed by atoms with Gasteiger partial charge < -0.3 is 15.1 Å². The highest BCUT2D eigenvalue weighted by Crippen LogP contribution is 2.41. The van der Waals surface area contributed by atoms with Crippen molar-refractivity contribution in [2.75, 3.05) is 56.0 Å². The number of anilines is 2. The van der Waals surface area contributed by atoms with Crippen LogP contribution in [0.15, 0.2) is 85.8 Å². The van der Waals surface area contributed by atoms with Crippen LogP contribution in [-0.4, -0.2) is 92.6 Å². The summed E-state index contributed by atoms with van der Waals surface area (Å²) in [6.07, 6.45) is 9.50. The normalized spacial score (nSPS) is 19.4. The van der Waals surface area contributed by atoms with E-state index in [0.29, 0.717) is 69.5 Å². The Labute approximate surface area is 295 Å². The van der Waals surface area contributed by atoms with Crippen LogP contribution in [-0.2, 0) is 9.59 Å². The highest BCUT2D eigenvalue weighted by atomic mass is 19.1. The first-order chi connectivity index (χ1) is 24.9. The van der Waals surface area contributed by atoms with Gasteiger partial charge in [-0.25, -0.2) is 14.4 Å². The van der Waals surface area contributed by atoms with Crippen molar-refractivity contribution >= 4 is 34.1 Å². The smallest absolute Gasteiger partial charge is 0.236 e. The fraction of sp³-hybridized carbons (Fsp3) is 0.333. The number of benzene rings is 2. The van der Waals surface area contributed by atoms with Crippen LogP contribution in [0.1, 0.15) is 37.3 Å². The van der Waals surface area contributed by atoms with Gasteiger partial charge in [-0.05, 0) is 86.8 Å². The van der Waals surface area contributed by atoms with E-state index in [1.807, 2.05) is 65.7 Å². The number of rotatable bonds is 10. The van der Waals surface area contributed by atoms with Crippen LogP contribution < -0.4 is 10.2 Å². The summed E-state index contributed by atoms with van der Waals surface area (Å²) in [6.45, 7) is 8.05. The summed E-state index contributed by atoms with van der Waals surface area (Å²) in [5.41, 5.74) is 5.75. The van der Waals surface area contributed by atoms with Crippen LogP contribution in [0.5, 0.6) is 0 Å². The Morgan fingerprint density at radius 3 is 2.49 bits per heavy atom. The Kier molecular flexibility index (Phi) is 8.77. The number of hydrogen-bond acceptors (Lipinski definition) is 8. The number of likely N-dealkylation sites (tertiary alicyclic amines) is 1. The molecule has 1 saturated carbocycles. The van der Waals surface area contributed by atoms with Crippen molar-refractivity contribution in [1.82, 2.24) is 34.9 Å². The largest absolute Gasteiger partial charge is 0.368 e. The Hall–Kier alpha value is -5.49. The minimum atomic E-state index is -0.676. The number of allylic oxidation sites excluding steroid dienone is 1. The van der Waals surface area contributed by atoms with Gasteiger partial charge >= 0.3 is 0 Å². The van der Waals surface area contributed by atoms with E-state index >= 15 is 0 Å². The molecule has 8 rings (SSSR count). The van der Waals surface area contributed by atoms with Gasteiger partial charge in [0.15, 0.2) is 11.6 Å². The lowest BCUT2D eigenvalue weighted by atomic mass is 9.82. The average molecular weight is 686 g/mol. The number of nitrogens with zero attached hydrogens (tertiary/aromatic N) is 7. The van der Waals surface area contributed by atoms with E-state index in [0.717, 1.165) is 51.5 Å². The molecule has 0 bridgehead atoms. The zero-order valence-corrected chi connectivity index (χ0v) is 28.4. The summed E-state index contributed by atoms with van der Waals surface area (Å²) in [4.78, 5) is 46.4. The number of aromatic amines is 1. The van der Waals surface area contributed by atoms with E-state index < -0.39 is 11.2 Å². The molecule has 2 aromatic carbocycles. The number of H-pyrrole nitrogens is 1. The van der Waals surface area contributed by atoms with Gasteiger partial charge in [0.1, 0.15) is 5.69 Å². The second-order valence-corrected chi connectivity index (χ2v) is 13.9. The Bertz CT molecular complexity index is 2070. The fourth-order valence-electron chi connectivity index (χ4n) is 7.38. The molecule has 2 amide bonds. The molecule has 11 nitrogen and oxygen atoms in total. The second kappa shape index (κ2) is 13.7. The van der Waals surface area contributed by atoms with Gasteiger partial charge in [0.05, 0.1) is 29.9 Å². The van der Waals surface area contributed by atoms with Crippen molar-refractivity contribution in [3.8, 4) is 22.6 Å². The number of pyridine rings is 1. The van der Waals surface area contributed by atoms with Gasteiger partial charge in [0.2, 0.25) is 11.8 Å². The van der Waals surface area contributed by atoms with Crippen LogP contribution in [0.25, 0.3) is 33.5 Å². The molecule has 3 aliphatic rings. The van der Waals surface area contributed by atoms with Crippen molar-refractivity contribution in [1.29, 1.82) is 0 Å². The summed E-state index contributed by atoms with van der Waals surface area (Å²) in [5, 5.41) is 11.9. The molecular formula is C39H40FN9O2. The molecule has 0 spiro atoms. The molecule has 2 aliphatic heterocycles. The first kappa shape index (κ1) is 32.7. The van der Waals surface area contributed by atoms with E-state index in [-0.39, 0.29) is 18.4 Å². The molecule has 260 valence electrons. The number of piperazine rings is 1. The zero-order valence-electron chi connectivity index (χ0n) is 28.4. The van der Waals surface area contributed by atoms with E-state index in [9.17, 15) is 14.0 Å². The molecule has 1 aliphatic carbocycles. The van der Waals surface area contributed by atoms with Crippen LogP contribution in [0.2, 0.25) is 0 Å². The van der Waals surface area contributed by atoms with E-state index in [2.05, 4.69) is 52.9 Å². The predicted octanol–water partition coefficient (Wildman–Crippen LogP) is 5.65. The monoisotopic (exact) mass is 685 g/mol. The minimum Gasteiger partial charge on any atom is -0.368 e. The lowest BCUT2D eigenvalue weighted by molar-refractivity contribution is -0.133.